The van der Waals surface area contributed by atoms with E-state index in [0.717, 1.165) is 6.20 Å². The largest absolute Gasteiger partial charge is 0.326 e. The van der Waals surface area contributed by atoms with Gasteiger partial charge in [-0.2, -0.15) is 4.31 Å². The molecule has 2 heterocycles. The van der Waals surface area contributed by atoms with Crippen LogP contribution in [0.5, 0.6) is 0 Å². The van der Waals surface area contributed by atoms with E-state index in [1.165, 1.54) is 10.4 Å². The van der Waals surface area contributed by atoms with E-state index in [1.54, 1.807) is 0 Å². The van der Waals surface area contributed by atoms with Gasteiger partial charge in [0.15, 0.2) is 0 Å². The molecule has 0 aliphatic carbocycles. The molecule has 0 bridgehead atoms. The van der Waals surface area contributed by atoms with E-state index < -0.39 is 15.6 Å². The number of hydrogen-bond donors (Lipinski definition) is 1. The highest BCUT2D eigenvalue weighted by Crippen LogP contribution is 2.18. The maximum atomic E-state index is 12.4. The molecule has 0 saturated carbocycles. The van der Waals surface area contributed by atoms with Crippen molar-refractivity contribution in [3.8, 4) is 12.3 Å². The van der Waals surface area contributed by atoms with E-state index in [9.17, 15) is 13.2 Å². The Bertz CT molecular complexity index is 685. The topological polar surface area (TPSA) is 73.5 Å². The van der Waals surface area contributed by atoms with Crippen LogP contribution in [-0.2, 0) is 10.0 Å². The van der Waals surface area contributed by atoms with Gasteiger partial charge in [0, 0.05) is 32.4 Å². The standard InChI is InChI=1S/C12H14ClN3O3S/c1-2-3-15-4-6-16(7-5-15)20(18,19)10-8-11(13)12(17)14-9-10/h1,8-9H,3-7H2,(H,14,17). The van der Waals surface area contributed by atoms with E-state index in [1.807, 2.05) is 4.90 Å². The van der Waals surface area contributed by atoms with Crippen LogP contribution in [0.25, 0.3) is 0 Å². The van der Waals surface area contributed by atoms with Crippen LogP contribution < -0.4 is 5.56 Å². The minimum absolute atomic E-state index is 0.00694. The van der Waals surface area contributed by atoms with Gasteiger partial charge in [0.05, 0.1) is 11.4 Å². The summed E-state index contributed by atoms with van der Waals surface area (Å²) in [5, 5.41) is -0.142. The lowest BCUT2D eigenvalue weighted by atomic mass is 10.4. The third-order valence-corrected chi connectivity index (χ3v) is 5.27. The van der Waals surface area contributed by atoms with Gasteiger partial charge >= 0.3 is 0 Å². The van der Waals surface area contributed by atoms with Crippen molar-refractivity contribution < 1.29 is 8.42 Å². The van der Waals surface area contributed by atoms with E-state index in [0.29, 0.717) is 32.7 Å². The van der Waals surface area contributed by atoms with Gasteiger partial charge in [-0.3, -0.25) is 9.69 Å². The van der Waals surface area contributed by atoms with Gasteiger partial charge < -0.3 is 4.98 Å². The fourth-order valence-corrected chi connectivity index (χ4v) is 3.65. The number of terminal acetylenes is 1. The van der Waals surface area contributed by atoms with Gasteiger partial charge in [-0.05, 0) is 6.07 Å². The Morgan fingerprint density at radius 2 is 2.00 bits per heavy atom. The van der Waals surface area contributed by atoms with Crippen LogP contribution in [0.4, 0.5) is 0 Å². The number of sulfonamides is 1. The molecule has 1 saturated heterocycles. The smallest absolute Gasteiger partial charge is 0.266 e. The van der Waals surface area contributed by atoms with Crippen molar-refractivity contribution in [2.45, 2.75) is 4.90 Å². The highest BCUT2D eigenvalue weighted by atomic mass is 35.5. The molecule has 8 heteroatoms. The molecule has 108 valence electrons. The number of H-pyrrole nitrogens is 1. The number of rotatable bonds is 3. The molecule has 1 N–H and O–H groups in total. The van der Waals surface area contributed by atoms with Crippen LogP contribution in [0.15, 0.2) is 22.0 Å². The van der Waals surface area contributed by atoms with Crippen molar-refractivity contribution in [2.75, 3.05) is 32.7 Å². The van der Waals surface area contributed by atoms with E-state index in [4.69, 9.17) is 18.0 Å². The van der Waals surface area contributed by atoms with Crippen LogP contribution in [0.2, 0.25) is 5.02 Å². The summed E-state index contributed by atoms with van der Waals surface area (Å²) >= 11 is 5.67. The van der Waals surface area contributed by atoms with Gasteiger partial charge in [0.1, 0.15) is 5.02 Å². The monoisotopic (exact) mass is 315 g/mol. The molecule has 0 radical (unpaired) electrons. The normalized spacial score (nSPS) is 17.8. The highest BCUT2D eigenvalue weighted by molar-refractivity contribution is 7.89. The lowest BCUT2D eigenvalue weighted by molar-refractivity contribution is 0.207. The van der Waals surface area contributed by atoms with Gasteiger partial charge in [-0.1, -0.05) is 17.5 Å². The molecule has 1 aromatic rings. The first-order valence-corrected chi connectivity index (χ1v) is 7.81. The number of hydrogen-bond acceptors (Lipinski definition) is 4. The second-order valence-corrected chi connectivity index (χ2v) is 6.74. The minimum Gasteiger partial charge on any atom is -0.326 e. The van der Waals surface area contributed by atoms with E-state index >= 15 is 0 Å². The number of pyridine rings is 1. The van der Waals surface area contributed by atoms with E-state index in [2.05, 4.69) is 10.9 Å². The molecular weight excluding hydrogens is 302 g/mol. The first-order valence-electron chi connectivity index (χ1n) is 5.99. The summed E-state index contributed by atoms with van der Waals surface area (Å²) in [7, 11) is -3.64. The first-order chi connectivity index (χ1) is 9.45. The SMILES string of the molecule is C#CCN1CCN(S(=O)(=O)c2c[nH]c(=O)c(Cl)c2)CC1. The van der Waals surface area contributed by atoms with Crippen molar-refractivity contribution in [2.24, 2.45) is 0 Å². The van der Waals surface area contributed by atoms with Crippen LogP contribution >= 0.6 is 11.6 Å². The molecule has 1 aliphatic heterocycles. The molecule has 0 unspecified atom stereocenters. The second kappa shape index (κ2) is 5.97. The van der Waals surface area contributed by atoms with Crippen molar-refractivity contribution in [3.05, 3.63) is 27.6 Å². The molecule has 0 atom stereocenters. The fraction of sp³-hybridized carbons (Fsp3) is 0.417. The number of aromatic nitrogens is 1. The summed E-state index contributed by atoms with van der Waals surface area (Å²) in [5.74, 6) is 2.54. The average molecular weight is 316 g/mol. The molecule has 20 heavy (non-hydrogen) atoms. The summed E-state index contributed by atoms with van der Waals surface area (Å²) in [6.07, 6.45) is 6.39. The Morgan fingerprint density at radius 3 is 2.55 bits per heavy atom. The molecule has 1 fully saturated rings. The molecule has 6 nitrogen and oxygen atoms in total. The van der Waals surface area contributed by atoms with Crippen molar-refractivity contribution in [1.29, 1.82) is 0 Å². The number of nitrogens with one attached hydrogen (secondary N) is 1. The Hall–Kier alpha value is -1.33. The van der Waals surface area contributed by atoms with Crippen molar-refractivity contribution in [3.63, 3.8) is 0 Å². The molecule has 0 spiro atoms. The second-order valence-electron chi connectivity index (χ2n) is 4.40. The van der Waals surface area contributed by atoms with Gasteiger partial charge in [-0.25, -0.2) is 8.42 Å². The van der Waals surface area contributed by atoms with Crippen molar-refractivity contribution in [1.82, 2.24) is 14.2 Å². The zero-order chi connectivity index (χ0) is 14.8. The number of piperazine rings is 1. The minimum atomic E-state index is -3.64. The van der Waals surface area contributed by atoms with Crippen LogP contribution in [0.3, 0.4) is 0 Å². The zero-order valence-corrected chi connectivity index (χ0v) is 12.2. The summed E-state index contributed by atoms with van der Waals surface area (Å²) < 4.78 is 26.2. The van der Waals surface area contributed by atoms with Crippen LogP contribution in [-0.4, -0.2) is 55.3 Å². The summed E-state index contributed by atoms with van der Waals surface area (Å²) in [6, 6.07) is 1.17. The third kappa shape index (κ3) is 3.04. The number of aromatic amines is 1. The van der Waals surface area contributed by atoms with E-state index in [-0.39, 0.29) is 9.92 Å². The molecule has 1 aromatic heterocycles. The van der Waals surface area contributed by atoms with Crippen molar-refractivity contribution >= 4 is 21.6 Å². The summed E-state index contributed by atoms with van der Waals surface area (Å²) in [4.78, 5) is 15.5. The van der Waals surface area contributed by atoms with Crippen LogP contribution in [0, 0.1) is 12.3 Å². The van der Waals surface area contributed by atoms with Gasteiger partial charge in [0.2, 0.25) is 10.0 Å². The lowest BCUT2D eigenvalue weighted by Crippen LogP contribution is -2.48. The maximum absolute atomic E-state index is 12.4. The average Bonchev–Trinajstić information content (AvgIpc) is 2.43. The number of nitrogens with zero attached hydrogens (tertiary/aromatic N) is 2. The Kier molecular flexibility index (Phi) is 4.50. The fourth-order valence-electron chi connectivity index (χ4n) is 1.99. The lowest BCUT2D eigenvalue weighted by Gasteiger charge is -2.32. The molecule has 0 aromatic carbocycles. The summed E-state index contributed by atoms with van der Waals surface area (Å²) in [5.41, 5.74) is -0.510. The van der Waals surface area contributed by atoms with Gasteiger partial charge in [0.25, 0.3) is 5.56 Å². The third-order valence-electron chi connectivity index (χ3n) is 3.12. The predicted octanol–water partition coefficient (Wildman–Crippen LogP) is -0.0322. The molecule has 2 rings (SSSR count). The highest BCUT2D eigenvalue weighted by Gasteiger charge is 2.28. The van der Waals surface area contributed by atoms with Gasteiger partial charge in [-0.15, -0.1) is 6.42 Å². The molecule has 0 amide bonds. The Labute approximate surface area is 122 Å². The predicted molar refractivity (Wildman–Crippen MR) is 76.1 cm³/mol. The summed E-state index contributed by atoms with van der Waals surface area (Å²) in [6.45, 7) is 2.40. The Morgan fingerprint density at radius 1 is 1.35 bits per heavy atom. The molecule has 1 aliphatic rings. The van der Waals surface area contributed by atoms with Crippen LogP contribution in [0.1, 0.15) is 0 Å². The Balaban J connectivity index is 2.18. The zero-order valence-electron chi connectivity index (χ0n) is 10.7. The quantitative estimate of drug-likeness (QED) is 0.795. The number of halogens is 1. The first kappa shape index (κ1) is 15.1. The molecular formula is C12H14ClN3O3S. The maximum Gasteiger partial charge on any atom is 0.266 e.